The van der Waals surface area contributed by atoms with Crippen molar-refractivity contribution in [2.24, 2.45) is 4.99 Å². The molecule has 0 saturated heterocycles. The highest BCUT2D eigenvalue weighted by atomic mass is 19.3. The van der Waals surface area contributed by atoms with Gasteiger partial charge in [-0.3, -0.25) is 4.99 Å². The molecule has 0 aromatic heterocycles. The van der Waals surface area contributed by atoms with Crippen molar-refractivity contribution in [3.05, 3.63) is 0 Å². The van der Waals surface area contributed by atoms with Crippen molar-refractivity contribution >= 4 is 6.21 Å². The molecule has 52 valence electrons. The molecular weight excluding hydrogens is 131 g/mol. The van der Waals surface area contributed by atoms with Crippen molar-refractivity contribution < 1.29 is 13.2 Å². The fraction of sp³-hybridized carbons (Fsp3) is 0.800. The molecule has 1 nitrogen and oxygen atoms in total. The molecule has 1 aliphatic rings. The lowest BCUT2D eigenvalue weighted by Gasteiger charge is -2.19. The van der Waals surface area contributed by atoms with E-state index in [4.69, 9.17) is 0 Å². The van der Waals surface area contributed by atoms with E-state index in [-0.39, 0.29) is 0 Å². The van der Waals surface area contributed by atoms with Gasteiger partial charge in [0.1, 0.15) is 0 Å². The number of halogens is 3. The number of hydrogen-bond donors (Lipinski definition) is 0. The molecule has 0 aromatic rings. The van der Waals surface area contributed by atoms with Crippen LogP contribution in [0.4, 0.5) is 13.2 Å². The van der Waals surface area contributed by atoms with E-state index in [2.05, 4.69) is 4.99 Å². The Morgan fingerprint density at radius 1 is 1.44 bits per heavy atom. The molecule has 0 spiro atoms. The quantitative estimate of drug-likeness (QED) is 0.451. The van der Waals surface area contributed by atoms with Crippen LogP contribution in [-0.4, -0.2) is 17.9 Å². The molecule has 0 radical (unpaired) electrons. The van der Waals surface area contributed by atoms with E-state index in [1.54, 1.807) is 0 Å². The summed E-state index contributed by atoms with van der Waals surface area (Å²) in [5.74, 6) is -5.97. The number of alkyl halides is 3. The molecular formula is C5H6F3N. The highest BCUT2D eigenvalue weighted by Crippen LogP contribution is 2.39. The fourth-order valence-corrected chi connectivity index (χ4v) is 0.612. The van der Waals surface area contributed by atoms with Gasteiger partial charge in [0.15, 0.2) is 0 Å². The zero-order valence-electron chi connectivity index (χ0n) is 4.87. The van der Waals surface area contributed by atoms with Crippen LogP contribution in [0.3, 0.4) is 0 Å². The summed E-state index contributed by atoms with van der Waals surface area (Å²) < 4.78 is 36.9. The molecule has 1 rings (SSSR count). The predicted molar refractivity (Wildman–Crippen MR) is 27.6 cm³/mol. The van der Waals surface area contributed by atoms with Crippen LogP contribution in [0.1, 0.15) is 13.3 Å². The van der Waals surface area contributed by atoms with Gasteiger partial charge >= 0.3 is 5.92 Å². The van der Waals surface area contributed by atoms with Crippen molar-refractivity contribution in [2.75, 3.05) is 0 Å². The van der Waals surface area contributed by atoms with Gasteiger partial charge < -0.3 is 0 Å². The summed E-state index contributed by atoms with van der Waals surface area (Å²) in [4.78, 5) is 2.98. The zero-order chi connectivity index (χ0) is 7.12. The van der Waals surface area contributed by atoms with E-state index < -0.39 is 18.1 Å². The van der Waals surface area contributed by atoms with Crippen LogP contribution in [0.25, 0.3) is 0 Å². The zero-order valence-corrected chi connectivity index (χ0v) is 4.87. The average Bonchev–Trinajstić information content (AvgIpc) is 1.81. The highest BCUT2D eigenvalue weighted by molar-refractivity contribution is 5.62. The molecule has 9 heavy (non-hydrogen) atoms. The molecule has 4 heteroatoms. The smallest absolute Gasteiger partial charge is 0.253 e. The molecule has 0 fully saturated rings. The fourth-order valence-electron chi connectivity index (χ4n) is 0.612. The average molecular weight is 137 g/mol. The van der Waals surface area contributed by atoms with Gasteiger partial charge in [0.25, 0.3) is 5.79 Å². The van der Waals surface area contributed by atoms with E-state index in [0.29, 0.717) is 0 Å². The minimum Gasteiger partial charge on any atom is -0.253 e. The van der Waals surface area contributed by atoms with Crippen molar-refractivity contribution in [3.63, 3.8) is 0 Å². The Labute approximate surface area is 50.6 Å². The van der Waals surface area contributed by atoms with E-state index >= 15 is 0 Å². The van der Waals surface area contributed by atoms with Gasteiger partial charge in [0.2, 0.25) is 0 Å². The number of rotatable bonds is 0. The Hall–Kier alpha value is -0.540. The third kappa shape index (κ3) is 0.821. The summed E-state index contributed by atoms with van der Waals surface area (Å²) in [7, 11) is 0. The Balaban J connectivity index is 2.84. The topological polar surface area (TPSA) is 12.4 Å². The molecule has 1 aliphatic heterocycles. The summed E-state index contributed by atoms with van der Waals surface area (Å²) in [6.07, 6.45) is 0.333. The molecule has 0 aromatic carbocycles. The monoisotopic (exact) mass is 137 g/mol. The lowest BCUT2D eigenvalue weighted by Crippen LogP contribution is -2.35. The first kappa shape index (κ1) is 6.58. The number of hydrogen-bond acceptors (Lipinski definition) is 1. The Morgan fingerprint density at radius 2 is 2.00 bits per heavy atom. The van der Waals surface area contributed by atoms with Gasteiger partial charge in [0, 0.05) is 6.21 Å². The highest BCUT2D eigenvalue weighted by Gasteiger charge is 2.53. The SMILES string of the molecule is CC1(F)N=CCC1(F)F. The summed E-state index contributed by atoms with van der Waals surface area (Å²) in [6.45, 7) is 0.774. The normalized spacial score (nSPS) is 39.6. The third-order valence-electron chi connectivity index (χ3n) is 1.35. The minimum atomic E-state index is -3.30. The molecule has 0 aliphatic carbocycles. The molecule has 0 saturated carbocycles. The summed E-state index contributed by atoms with van der Waals surface area (Å²) >= 11 is 0. The van der Waals surface area contributed by atoms with Crippen molar-refractivity contribution in [1.29, 1.82) is 0 Å². The molecule has 0 N–H and O–H groups in total. The van der Waals surface area contributed by atoms with E-state index in [9.17, 15) is 13.2 Å². The minimum absolute atomic E-state index is 0.583. The summed E-state index contributed by atoms with van der Waals surface area (Å²) in [5, 5.41) is 0. The molecule has 1 atom stereocenters. The van der Waals surface area contributed by atoms with Crippen LogP contribution < -0.4 is 0 Å². The third-order valence-corrected chi connectivity index (χ3v) is 1.35. The Bertz CT molecular complexity index is 150. The summed E-state index contributed by atoms with van der Waals surface area (Å²) in [6, 6.07) is 0. The van der Waals surface area contributed by atoms with E-state index in [1.165, 1.54) is 0 Å². The van der Waals surface area contributed by atoms with Crippen LogP contribution in [0.5, 0.6) is 0 Å². The maximum atomic E-state index is 12.4. The van der Waals surface area contributed by atoms with Crippen molar-refractivity contribution in [1.82, 2.24) is 0 Å². The first-order chi connectivity index (χ1) is 3.96. The molecule has 1 heterocycles. The largest absolute Gasteiger partial charge is 0.305 e. The van der Waals surface area contributed by atoms with Crippen LogP contribution >= 0.6 is 0 Å². The number of aliphatic imine (C=N–C) groups is 1. The van der Waals surface area contributed by atoms with Gasteiger partial charge in [0.05, 0.1) is 6.42 Å². The van der Waals surface area contributed by atoms with Crippen LogP contribution in [0.2, 0.25) is 0 Å². The standard InChI is InChI=1S/C5H6F3N/c1-4(6)5(7,8)2-3-9-4/h3H,2H2,1H3. The summed E-state index contributed by atoms with van der Waals surface area (Å²) in [5.41, 5.74) is 0. The van der Waals surface area contributed by atoms with E-state index in [0.717, 1.165) is 13.1 Å². The first-order valence-corrected chi connectivity index (χ1v) is 2.56. The Kier molecular flexibility index (Phi) is 1.09. The number of nitrogens with zero attached hydrogens (tertiary/aromatic N) is 1. The van der Waals surface area contributed by atoms with Crippen LogP contribution in [0, 0.1) is 0 Å². The molecule has 1 unspecified atom stereocenters. The second-order valence-corrected chi connectivity index (χ2v) is 2.17. The van der Waals surface area contributed by atoms with Gasteiger partial charge in [-0.15, -0.1) is 0 Å². The van der Waals surface area contributed by atoms with Crippen LogP contribution in [0.15, 0.2) is 4.99 Å². The second kappa shape index (κ2) is 1.49. The Morgan fingerprint density at radius 3 is 2.11 bits per heavy atom. The van der Waals surface area contributed by atoms with E-state index in [1.807, 2.05) is 0 Å². The first-order valence-electron chi connectivity index (χ1n) is 2.56. The van der Waals surface area contributed by atoms with Crippen molar-refractivity contribution in [2.45, 2.75) is 25.1 Å². The van der Waals surface area contributed by atoms with Crippen molar-refractivity contribution in [3.8, 4) is 0 Å². The van der Waals surface area contributed by atoms with Gasteiger partial charge in [-0.2, -0.15) is 0 Å². The van der Waals surface area contributed by atoms with Crippen LogP contribution in [-0.2, 0) is 0 Å². The predicted octanol–water partition coefficient (Wildman–Crippen LogP) is 1.78. The van der Waals surface area contributed by atoms with Gasteiger partial charge in [-0.25, -0.2) is 13.2 Å². The maximum Gasteiger partial charge on any atom is 0.305 e. The van der Waals surface area contributed by atoms with Gasteiger partial charge in [-0.05, 0) is 6.92 Å². The molecule has 0 bridgehead atoms. The maximum absolute atomic E-state index is 12.4. The molecule has 0 amide bonds. The van der Waals surface area contributed by atoms with Gasteiger partial charge in [-0.1, -0.05) is 0 Å². The lowest BCUT2D eigenvalue weighted by molar-refractivity contribution is -0.107. The lowest BCUT2D eigenvalue weighted by atomic mass is 10.1. The second-order valence-electron chi connectivity index (χ2n) is 2.17.